The van der Waals surface area contributed by atoms with Crippen molar-refractivity contribution in [2.24, 2.45) is 0 Å². The van der Waals surface area contributed by atoms with Gasteiger partial charge >= 0.3 is 0 Å². The fourth-order valence-corrected chi connectivity index (χ4v) is 5.16. The van der Waals surface area contributed by atoms with Crippen molar-refractivity contribution in [1.82, 2.24) is 9.97 Å². The smallest absolute Gasteiger partial charge is 0.196 e. The Labute approximate surface area is 199 Å². The monoisotopic (exact) mass is 474 g/mol. The SMILES string of the molecule is O=c1c2ccccc2c(=O)c2c1ccc1nc3c(ccc4c(=O)c5ccc(Cl)cc5c(=O)c43)nc12. The zero-order valence-electron chi connectivity index (χ0n) is 17.8. The van der Waals surface area contributed by atoms with Gasteiger partial charge in [0.25, 0.3) is 0 Å². The average Bonchev–Trinajstić information content (AvgIpc) is 2.88. The molecule has 1 heterocycles. The Balaban J connectivity index is 1.71. The van der Waals surface area contributed by atoms with Crippen molar-refractivity contribution in [3.8, 4) is 0 Å². The molecule has 0 unspecified atom stereocenters. The van der Waals surface area contributed by atoms with Crippen LogP contribution in [0.1, 0.15) is 0 Å². The van der Waals surface area contributed by atoms with E-state index in [2.05, 4.69) is 9.97 Å². The highest BCUT2D eigenvalue weighted by Crippen LogP contribution is 2.27. The van der Waals surface area contributed by atoms with Crippen molar-refractivity contribution in [3.05, 3.63) is 113 Å². The Morgan fingerprint density at radius 2 is 0.943 bits per heavy atom. The van der Waals surface area contributed by atoms with E-state index in [9.17, 15) is 19.2 Å². The van der Waals surface area contributed by atoms with Crippen molar-refractivity contribution in [1.29, 1.82) is 0 Å². The molecule has 0 amide bonds. The van der Waals surface area contributed by atoms with Gasteiger partial charge in [-0.3, -0.25) is 19.2 Å². The Hall–Kier alpha value is -4.55. The van der Waals surface area contributed by atoms with Crippen LogP contribution in [-0.4, -0.2) is 9.97 Å². The molecule has 7 rings (SSSR count). The first-order chi connectivity index (χ1) is 16.9. The lowest BCUT2D eigenvalue weighted by Crippen LogP contribution is -2.15. The fourth-order valence-electron chi connectivity index (χ4n) is 4.99. The van der Waals surface area contributed by atoms with Crippen LogP contribution in [0.2, 0.25) is 5.02 Å². The van der Waals surface area contributed by atoms with Gasteiger partial charge in [-0.25, -0.2) is 9.97 Å². The number of aromatic nitrogens is 2. The van der Waals surface area contributed by atoms with Gasteiger partial charge in [-0.1, -0.05) is 35.9 Å². The van der Waals surface area contributed by atoms with Gasteiger partial charge in [-0.05, 0) is 42.5 Å². The molecule has 0 fully saturated rings. The van der Waals surface area contributed by atoms with Crippen molar-refractivity contribution < 1.29 is 0 Å². The molecule has 0 saturated carbocycles. The molecule has 0 aliphatic carbocycles. The van der Waals surface area contributed by atoms with Crippen LogP contribution in [0.3, 0.4) is 0 Å². The molecule has 7 aromatic rings. The molecule has 1 aromatic heterocycles. The molecule has 7 heteroatoms. The second-order valence-corrected chi connectivity index (χ2v) is 8.92. The molecule has 6 aromatic carbocycles. The summed E-state index contributed by atoms with van der Waals surface area (Å²) in [4.78, 5) is 62.4. The van der Waals surface area contributed by atoms with Crippen LogP contribution < -0.4 is 21.7 Å². The third-order valence-corrected chi connectivity index (χ3v) is 6.84. The van der Waals surface area contributed by atoms with E-state index >= 15 is 0 Å². The lowest BCUT2D eigenvalue weighted by molar-refractivity contribution is 1.41. The maximum absolute atomic E-state index is 13.4. The van der Waals surface area contributed by atoms with Gasteiger partial charge in [0, 0.05) is 37.3 Å². The molecular weight excluding hydrogens is 464 g/mol. The normalized spacial score (nSPS) is 12.0. The van der Waals surface area contributed by atoms with E-state index in [4.69, 9.17) is 11.6 Å². The summed E-state index contributed by atoms with van der Waals surface area (Å²) >= 11 is 6.09. The van der Waals surface area contributed by atoms with Gasteiger partial charge in [-0.15, -0.1) is 0 Å². The molecule has 0 aliphatic heterocycles. The number of nitrogens with zero attached hydrogens (tertiary/aromatic N) is 2. The van der Waals surface area contributed by atoms with Gasteiger partial charge in [-0.2, -0.15) is 0 Å². The average molecular weight is 475 g/mol. The molecule has 6 nitrogen and oxygen atoms in total. The highest BCUT2D eigenvalue weighted by molar-refractivity contribution is 6.31. The number of benzene rings is 6. The predicted octanol–water partition coefficient (Wildman–Crippen LogP) is 4.37. The summed E-state index contributed by atoms with van der Waals surface area (Å²) in [6.07, 6.45) is 0. The zero-order chi connectivity index (χ0) is 24.0. The first-order valence-electron chi connectivity index (χ1n) is 10.8. The van der Waals surface area contributed by atoms with E-state index < -0.39 is 0 Å². The molecule has 0 aliphatic rings. The van der Waals surface area contributed by atoms with Gasteiger partial charge in [0.05, 0.1) is 21.8 Å². The Bertz CT molecular complexity index is 2320. The van der Waals surface area contributed by atoms with Crippen LogP contribution in [0, 0.1) is 0 Å². The largest absolute Gasteiger partial charge is 0.289 e. The van der Waals surface area contributed by atoms with Gasteiger partial charge < -0.3 is 0 Å². The molecule has 0 atom stereocenters. The maximum atomic E-state index is 13.4. The highest BCUT2D eigenvalue weighted by atomic mass is 35.5. The van der Waals surface area contributed by atoms with Crippen LogP contribution in [0.5, 0.6) is 0 Å². The third-order valence-electron chi connectivity index (χ3n) is 6.61. The molecule has 0 spiro atoms. The first kappa shape index (κ1) is 19.9. The van der Waals surface area contributed by atoms with E-state index in [0.717, 1.165) is 0 Å². The number of fused-ring (bicyclic) bond motifs is 8. The van der Waals surface area contributed by atoms with Crippen LogP contribution in [-0.2, 0) is 0 Å². The molecule has 35 heavy (non-hydrogen) atoms. The molecular formula is C28H11ClN2O4. The van der Waals surface area contributed by atoms with Crippen LogP contribution in [0.15, 0.2) is 85.9 Å². The minimum Gasteiger partial charge on any atom is -0.289 e. The summed E-state index contributed by atoms with van der Waals surface area (Å²) in [7, 11) is 0. The Morgan fingerprint density at radius 1 is 0.486 bits per heavy atom. The molecule has 0 radical (unpaired) electrons. The van der Waals surface area contributed by atoms with Crippen LogP contribution in [0.4, 0.5) is 0 Å². The topological polar surface area (TPSA) is 94.1 Å². The number of rotatable bonds is 0. The van der Waals surface area contributed by atoms with Crippen molar-refractivity contribution >= 4 is 76.8 Å². The molecule has 0 bridgehead atoms. The van der Waals surface area contributed by atoms with Crippen LogP contribution in [0.25, 0.3) is 65.2 Å². The third kappa shape index (κ3) is 2.54. The highest BCUT2D eigenvalue weighted by Gasteiger charge is 2.18. The van der Waals surface area contributed by atoms with Crippen LogP contribution >= 0.6 is 11.6 Å². The summed E-state index contributed by atoms with van der Waals surface area (Å²) in [5.41, 5.74) is 0.0146. The summed E-state index contributed by atoms with van der Waals surface area (Å²) in [5, 5.41) is 2.38. The van der Waals surface area contributed by atoms with Gasteiger partial charge in [0.1, 0.15) is 11.0 Å². The number of halogens is 1. The van der Waals surface area contributed by atoms with E-state index in [1.807, 2.05) is 0 Å². The second kappa shape index (κ2) is 6.74. The molecule has 164 valence electrons. The summed E-state index contributed by atoms with van der Waals surface area (Å²) in [5.74, 6) is 0. The number of hydrogen-bond acceptors (Lipinski definition) is 6. The predicted molar refractivity (Wildman–Crippen MR) is 140 cm³/mol. The second-order valence-electron chi connectivity index (χ2n) is 8.49. The van der Waals surface area contributed by atoms with E-state index in [-0.39, 0.29) is 65.1 Å². The fraction of sp³-hybridized carbons (Fsp3) is 0. The van der Waals surface area contributed by atoms with Crippen molar-refractivity contribution in [2.75, 3.05) is 0 Å². The number of hydrogen-bond donors (Lipinski definition) is 0. The van der Waals surface area contributed by atoms with Gasteiger partial charge in [0.15, 0.2) is 21.7 Å². The van der Waals surface area contributed by atoms with Gasteiger partial charge in [0.2, 0.25) is 0 Å². The molecule has 0 saturated heterocycles. The minimum absolute atomic E-state index is 0.155. The lowest BCUT2D eigenvalue weighted by atomic mass is 9.99. The quantitative estimate of drug-likeness (QED) is 0.239. The maximum Gasteiger partial charge on any atom is 0.196 e. The summed E-state index contributed by atoms with van der Waals surface area (Å²) in [6, 6.07) is 17.6. The van der Waals surface area contributed by atoms with Crippen molar-refractivity contribution in [3.63, 3.8) is 0 Å². The zero-order valence-corrected chi connectivity index (χ0v) is 18.5. The Morgan fingerprint density at radius 3 is 1.51 bits per heavy atom. The van der Waals surface area contributed by atoms with Crippen molar-refractivity contribution in [2.45, 2.75) is 0 Å². The first-order valence-corrected chi connectivity index (χ1v) is 11.2. The summed E-state index contributed by atoms with van der Waals surface area (Å²) in [6.45, 7) is 0. The lowest BCUT2D eigenvalue weighted by Gasteiger charge is -2.08. The Kier molecular flexibility index (Phi) is 3.83. The van der Waals surface area contributed by atoms with E-state index in [1.54, 1.807) is 60.7 Å². The minimum atomic E-state index is -0.366. The standard InChI is InChI=1S/C28H11ClN2O4/c29-12-5-6-15-18(11-12)28(35)22-17(26(15)33)8-10-20-24(22)31-19-9-7-16-21(23(19)30-20)27(34)14-4-2-1-3-13(14)25(16)32/h1-11H. The molecule has 0 N–H and O–H groups in total. The van der Waals surface area contributed by atoms with E-state index in [1.165, 1.54) is 6.07 Å². The van der Waals surface area contributed by atoms with E-state index in [0.29, 0.717) is 26.8 Å². The summed E-state index contributed by atoms with van der Waals surface area (Å²) < 4.78 is 0.